The van der Waals surface area contributed by atoms with Gasteiger partial charge in [-0.15, -0.1) is 0 Å². The monoisotopic (exact) mass is 570 g/mol. The zero-order valence-electron chi connectivity index (χ0n) is 25.1. The third kappa shape index (κ3) is 9.24. The number of nitrogens with one attached hydrogen (secondary N) is 1. The predicted octanol–water partition coefficient (Wildman–Crippen LogP) is 4.47. The van der Waals surface area contributed by atoms with Crippen LogP contribution in [0.5, 0.6) is 0 Å². The van der Waals surface area contributed by atoms with E-state index >= 15 is 0 Å². The van der Waals surface area contributed by atoms with Gasteiger partial charge in [-0.3, -0.25) is 19.4 Å². The minimum Gasteiger partial charge on any atom is -0.390 e. The molecule has 4 rings (SSSR count). The Morgan fingerprint density at radius 1 is 0.786 bits per heavy atom. The number of carbonyl (C=O) groups excluding carboxylic acids is 2. The van der Waals surface area contributed by atoms with Crippen LogP contribution in [0.15, 0.2) is 84.9 Å². The molecule has 2 N–H and O–H groups in total. The molecule has 2 atom stereocenters. The van der Waals surface area contributed by atoms with Crippen molar-refractivity contribution < 1.29 is 14.7 Å². The highest BCUT2D eigenvalue weighted by Gasteiger charge is 2.27. The van der Waals surface area contributed by atoms with Gasteiger partial charge in [-0.2, -0.15) is 0 Å². The summed E-state index contributed by atoms with van der Waals surface area (Å²) in [7, 11) is 0. The van der Waals surface area contributed by atoms with Crippen LogP contribution in [0.1, 0.15) is 58.5 Å². The van der Waals surface area contributed by atoms with Gasteiger partial charge in [-0.1, -0.05) is 80.6 Å². The van der Waals surface area contributed by atoms with Crippen LogP contribution in [0.4, 0.5) is 0 Å². The van der Waals surface area contributed by atoms with Crippen molar-refractivity contribution in [3.8, 4) is 0 Å². The minimum absolute atomic E-state index is 0.0550. The van der Waals surface area contributed by atoms with Crippen LogP contribution in [0.3, 0.4) is 0 Å². The van der Waals surface area contributed by atoms with E-state index in [0.29, 0.717) is 37.2 Å². The molecule has 3 aromatic rings. The van der Waals surface area contributed by atoms with Crippen LogP contribution >= 0.6 is 0 Å². The molecule has 0 spiro atoms. The van der Waals surface area contributed by atoms with E-state index in [-0.39, 0.29) is 11.8 Å². The molecule has 42 heavy (non-hydrogen) atoms. The van der Waals surface area contributed by atoms with Crippen molar-refractivity contribution in [1.82, 2.24) is 20.0 Å². The van der Waals surface area contributed by atoms with Crippen molar-refractivity contribution in [1.29, 1.82) is 0 Å². The first kappa shape index (κ1) is 31.4. The molecule has 0 aromatic heterocycles. The number of β-amino-alcohol motifs (C(OH)–C–C–N with tert-alkyl or cyclic N) is 1. The molecule has 0 bridgehead atoms. The highest BCUT2D eigenvalue weighted by molar-refractivity contribution is 5.99. The first-order chi connectivity index (χ1) is 20.5. The van der Waals surface area contributed by atoms with Gasteiger partial charge in [-0.25, -0.2) is 0 Å². The summed E-state index contributed by atoms with van der Waals surface area (Å²) in [6, 6.07) is 26.9. The highest BCUT2D eigenvalue weighted by Crippen LogP contribution is 2.14. The number of benzene rings is 3. The summed E-state index contributed by atoms with van der Waals surface area (Å²) in [5.41, 5.74) is 3.30. The topological polar surface area (TPSA) is 76.1 Å². The van der Waals surface area contributed by atoms with E-state index in [1.165, 1.54) is 5.56 Å². The average Bonchev–Trinajstić information content (AvgIpc) is 3.02. The van der Waals surface area contributed by atoms with Crippen LogP contribution in [0.2, 0.25) is 0 Å². The maximum Gasteiger partial charge on any atom is 0.253 e. The zero-order chi connectivity index (χ0) is 29.7. The van der Waals surface area contributed by atoms with Crippen LogP contribution in [0.25, 0.3) is 0 Å². The van der Waals surface area contributed by atoms with Gasteiger partial charge in [0.15, 0.2) is 0 Å². The Hall–Kier alpha value is -3.52. The predicted molar refractivity (Wildman–Crippen MR) is 168 cm³/mol. The Balaban J connectivity index is 1.40. The lowest BCUT2D eigenvalue weighted by Crippen LogP contribution is -2.53. The first-order valence-corrected chi connectivity index (χ1v) is 15.4. The van der Waals surface area contributed by atoms with Crippen molar-refractivity contribution in [3.63, 3.8) is 0 Å². The van der Waals surface area contributed by atoms with E-state index in [0.717, 1.165) is 51.1 Å². The fraction of sp³-hybridized carbons (Fsp3) is 0.429. The third-order valence-corrected chi connectivity index (χ3v) is 7.88. The molecular weight excluding hydrogens is 524 g/mol. The van der Waals surface area contributed by atoms with Gasteiger partial charge in [0, 0.05) is 63.5 Å². The molecule has 1 aliphatic rings. The van der Waals surface area contributed by atoms with Crippen LogP contribution in [0, 0.1) is 0 Å². The second-order valence-corrected chi connectivity index (χ2v) is 11.3. The van der Waals surface area contributed by atoms with E-state index in [1.54, 1.807) is 24.3 Å². The Kier molecular flexibility index (Phi) is 12.1. The average molecular weight is 571 g/mol. The lowest BCUT2D eigenvalue weighted by atomic mass is 9.99. The van der Waals surface area contributed by atoms with Crippen molar-refractivity contribution >= 4 is 11.8 Å². The van der Waals surface area contributed by atoms with Crippen LogP contribution in [-0.4, -0.2) is 89.6 Å². The van der Waals surface area contributed by atoms with Crippen molar-refractivity contribution in [2.75, 3.05) is 45.8 Å². The SMILES string of the molecule is CCCN(CCC)C(=O)c1cccc(C(=O)N[C@@H](Cc2ccccc2)[C@H](O)CN2CCN(Cc3ccccc3)CC2)c1. The molecule has 1 aliphatic heterocycles. The molecule has 1 fully saturated rings. The van der Waals surface area contributed by atoms with E-state index in [4.69, 9.17) is 0 Å². The van der Waals surface area contributed by atoms with Gasteiger partial charge in [0.2, 0.25) is 0 Å². The summed E-state index contributed by atoms with van der Waals surface area (Å²) in [5.74, 6) is -0.338. The van der Waals surface area contributed by atoms with E-state index in [1.807, 2.05) is 41.3 Å². The molecule has 0 unspecified atom stereocenters. The standard InChI is InChI=1S/C35H46N4O3/c1-3-18-39(19-4-2)35(42)31-17-11-16-30(25-31)34(41)36-32(24-28-12-7-5-8-13-28)33(40)27-38-22-20-37(21-23-38)26-29-14-9-6-10-15-29/h5-17,25,32-33,40H,3-4,18-24,26-27H2,1-2H3,(H,36,41)/t32-,33+/m0/s1. The molecule has 224 valence electrons. The summed E-state index contributed by atoms with van der Waals surface area (Å²) < 4.78 is 0. The largest absolute Gasteiger partial charge is 0.390 e. The van der Waals surface area contributed by atoms with Crippen LogP contribution < -0.4 is 5.32 Å². The molecule has 1 heterocycles. The quantitative estimate of drug-likeness (QED) is 0.299. The Bertz CT molecular complexity index is 1240. The second kappa shape index (κ2) is 16.2. The molecule has 2 amide bonds. The number of aliphatic hydroxyl groups is 1. The number of hydrogen-bond donors (Lipinski definition) is 2. The second-order valence-electron chi connectivity index (χ2n) is 11.3. The molecule has 3 aromatic carbocycles. The number of rotatable bonds is 14. The number of carbonyl (C=O) groups is 2. The van der Waals surface area contributed by atoms with Gasteiger partial charge < -0.3 is 15.3 Å². The Morgan fingerprint density at radius 2 is 1.36 bits per heavy atom. The zero-order valence-corrected chi connectivity index (χ0v) is 25.1. The summed E-state index contributed by atoms with van der Waals surface area (Å²) in [4.78, 5) is 33.2. The molecule has 7 nitrogen and oxygen atoms in total. The normalized spacial score (nSPS) is 15.6. The summed E-state index contributed by atoms with van der Waals surface area (Å²) in [6.07, 6.45) is 1.53. The lowest BCUT2D eigenvalue weighted by molar-refractivity contribution is 0.0478. The molecule has 1 saturated heterocycles. The molecule has 0 radical (unpaired) electrons. The fourth-order valence-electron chi connectivity index (χ4n) is 5.60. The number of nitrogens with zero attached hydrogens (tertiary/aromatic N) is 3. The number of aliphatic hydroxyl groups excluding tert-OH is 1. The first-order valence-electron chi connectivity index (χ1n) is 15.4. The smallest absolute Gasteiger partial charge is 0.253 e. The minimum atomic E-state index is -0.746. The summed E-state index contributed by atoms with van der Waals surface area (Å²) >= 11 is 0. The highest BCUT2D eigenvalue weighted by atomic mass is 16.3. The number of amides is 2. The van der Waals surface area contributed by atoms with Gasteiger partial charge in [0.05, 0.1) is 12.1 Å². The Morgan fingerprint density at radius 3 is 1.98 bits per heavy atom. The van der Waals surface area contributed by atoms with Gasteiger partial charge in [0.25, 0.3) is 11.8 Å². The van der Waals surface area contributed by atoms with Crippen molar-refractivity contribution in [2.24, 2.45) is 0 Å². The Labute approximate surface area is 251 Å². The summed E-state index contributed by atoms with van der Waals surface area (Å²) in [5, 5.41) is 14.5. The van der Waals surface area contributed by atoms with Crippen molar-refractivity contribution in [3.05, 3.63) is 107 Å². The fourth-order valence-corrected chi connectivity index (χ4v) is 5.60. The van der Waals surface area contributed by atoms with Crippen molar-refractivity contribution in [2.45, 2.75) is 51.8 Å². The van der Waals surface area contributed by atoms with E-state index in [9.17, 15) is 14.7 Å². The summed E-state index contributed by atoms with van der Waals surface area (Å²) in [6.45, 7) is 10.5. The van der Waals surface area contributed by atoms with Gasteiger partial charge >= 0.3 is 0 Å². The van der Waals surface area contributed by atoms with E-state index < -0.39 is 12.1 Å². The van der Waals surface area contributed by atoms with E-state index in [2.05, 4.69) is 53.2 Å². The molecule has 0 saturated carbocycles. The maximum atomic E-state index is 13.5. The number of hydrogen-bond acceptors (Lipinski definition) is 5. The lowest BCUT2D eigenvalue weighted by Gasteiger charge is -2.37. The molecule has 7 heteroatoms. The van der Waals surface area contributed by atoms with Gasteiger partial charge in [-0.05, 0) is 48.6 Å². The molecule has 0 aliphatic carbocycles. The van der Waals surface area contributed by atoms with Crippen LogP contribution in [-0.2, 0) is 13.0 Å². The van der Waals surface area contributed by atoms with Gasteiger partial charge in [0.1, 0.15) is 0 Å². The number of piperazine rings is 1. The molecular formula is C35H46N4O3. The third-order valence-electron chi connectivity index (χ3n) is 7.88. The maximum absolute atomic E-state index is 13.5.